The van der Waals surface area contributed by atoms with Gasteiger partial charge >= 0.3 is 5.69 Å². The van der Waals surface area contributed by atoms with Crippen LogP contribution >= 0.6 is 0 Å². The van der Waals surface area contributed by atoms with Crippen LogP contribution in [0.2, 0.25) is 0 Å². The standard InChI is InChI=1S/C12H15NO5/c14-11-5-4-9(7-10(11)13(15)16)8-18-12-3-1-2-6-17-12/h4-5,7,12,14H,1-3,6,8H2. The molecule has 1 aliphatic heterocycles. The second-order valence-corrected chi connectivity index (χ2v) is 4.19. The molecule has 2 rings (SSSR count). The van der Waals surface area contributed by atoms with E-state index >= 15 is 0 Å². The second kappa shape index (κ2) is 5.79. The van der Waals surface area contributed by atoms with Crippen LogP contribution < -0.4 is 0 Å². The summed E-state index contributed by atoms with van der Waals surface area (Å²) in [4.78, 5) is 10.0. The van der Waals surface area contributed by atoms with Gasteiger partial charge in [-0.05, 0) is 30.9 Å². The van der Waals surface area contributed by atoms with Crippen LogP contribution in [0, 0.1) is 10.1 Å². The summed E-state index contributed by atoms with van der Waals surface area (Å²) >= 11 is 0. The molecule has 1 heterocycles. The average molecular weight is 253 g/mol. The number of benzene rings is 1. The number of phenolic OH excluding ortho intramolecular Hbond substituents is 1. The van der Waals surface area contributed by atoms with Crippen molar-refractivity contribution >= 4 is 5.69 Å². The van der Waals surface area contributed by atoms with Crippen LogP contribution in [-0.4, -0.2) is 22.9 Å². The number of phenols is 1. The maximum atomic E-state index is 10.7. The summed E-state index contributed by atoms with van der Waals surface area (Å²) in [7, 11) is 0. The maximum absolute atomic E-state index is 10.7. The van der Waals surface area contributed by atoms with Crippen molar-refractivity contribution in [2.24, 2.45) is 0 Å². The highest BCUT2D eigenvalue weighted by Gasteiger charge is 2.16. The van der Waals surface area contributed by atoms with Crippen LogP contribution in [0.4, 0.5) is 5.69 Å². The third kappa shape index (κ3) is 3.18. The third-order valence-corrected chi connectivity index (χ3v) is 2.81. The monoisotopic (exact) mass is 253 g/mol. The van der Waals surface area contributed by atoms with E-state index in [0.717, 1.165) is 19.3 Å². The molecule has 1 saturated heterocycles. The Morgan fingerprint density at radius 2 is 2.33 bits per heavy atom. The van der Waals surface area contributed by atoms with Crippen LogP contribution in [0.1, 0.15) is 24.8 Å². The maximum Gasteiger partial charge on any atom is 0.311 e. The van der Waals surface area contributed by atoms with Gasteiger partial charge in [-0.2, -0.15) is 0 Å². The largest absolute Gasteiger partial charge is 0.502 e. The molecule has 6 nitrogen and oxygen atoms in total. The first-order chi connectivity index (χ1) is 8.66. The fourth-order valence-electron chi connectivity index (χ4n) is 1.84. The minimum Gasteiger partial charge on any atom is -0.502 e. The van der Waals surface area contributed by atoms with Crippen LogP contribution in [-0.2, 0) is 16.1 Å². The van der Waals surface area contributed by atoms with Crippen molar-refractivity contribution in [3.05, 3.63) is 33.9 Å². The van der Waals surface area contributed by atoms with Gasteiger partial charge in [0.1, 0.15) is 0 Å². The van der Waals surface area contributed by atoms with Gasteiger partial charge in [-0.1, -0.05) is 6.07 Å². The van der Waals surface area contributed by atoms with E-state index < -0.39 is 4.92 Å². The molecule has 1 atom stereocenters. The molecule has 1 N–H and O–H groups in total. The first-order valence-electron chi connectivity index (χ1n) is 5.86. The summed E-state index contributed by atoms with van der Waals surface area (Å²) in [6.45, 7) is 0.937. The summed E-state index contributed by atoms with van der Waals surface area (Å²) in [6.07, 6.45) is 2.73. The molecule has 98 valence electrons. The van der Waals surface area contributed by atoms with E-state index in [-0.39, 0.29) is 24.3 Å². The molecule has 1 fully saturated rings. The van der Waals surface area contributed by atoms with Crippen LogP contribution in [0.5, 0.6) is 5.75 Å². The third-order valence-electron chi connectivity index (χ3n) is 2.81. The van der Waals surface area contributed by atoms with Gasteiger partial charge in [0.2, 0.25) is 0 Å². The fourth-order valence-corrected chi connectivity index (χ4v) is 1.84. The summed E-state index contributed by atoms with van der Waals surface area (Å²) < 4.78 is 10.9. The number of hydrogen-bond donors (Lipinski definition) is 1. The van der Waals surface area contributed by atoms with Gasteiger partial charge < -0.3 is 14.6 Å². The number of ether oxygens (including phenoxy) is 2. The molecule has 0 radical (unpaired) electrons. The molecule has 0 saturated carbocycles. The Hall–Kier alpha value is -1.66. The quantitative estimate of drug-likeness (QED) is 0.657. The van der Waals surface area contributed by atoms with Crippen molar-refractivity contribution in [1.29, 1.82) is 0 Å². The van der Waals surface area contributed by atoms with E-state index in [4.69, 9.17) is 9.47 Å². The normalized spacial score (nSPS) is 19.7. The Labute approximate surface area is 104 Å². The molecule has 0 spiro atoms. The summed E-state index contributed by atoms with van der Waals surface area (Å²) in [5.74, 6) is -0.335. The van der Waals surface area contributed by atoms with Gasteiger partial charge in [0.15, 0.2) is 12.0 Å². The van der Waals surface area contributed by atoms with E-state index in [2.05, 4.69) is 0 Å². The molecule has 18 heavy (non-hydrogen) atoms. The first kappa shape index (κ1) is 12.8. The summed E-state index contributed by atoms with van der Waals surface area (Å²) in [6, 6.07) is 4.22. The first-order valence-corrected chi connectivity index (χ1v) is 5.86. The molecule has 0 bridgehead atoms. The zero-order valence-electron chi connectivity index (χ0n) is 9.87. The summed E-state index contributed by atoms with van der Waals surface area (Å²) in [5, 5.41) is 20.0. The SMILES string of the molecule is O=[N+]([O-])c1cc(COC2CCCCO2)ccc1O. The molecule has 0 aromatic heterocycles. The predicted molar refractivity (Wildman–Crippen MR) is 63.1 cm³/mol. The minimum atomic E-state index is -0.615. The van der Waals surface area contributed by atoms with Gasteiger partial charge in [0.25, 0.3) is 0 Å². The molecule has 1 unspecified atom stereocenters. The van der Waals surface area contributed by atoms with Gasteiger partial charge in [-0.3, -0.25) is 10.1 Å². The van der Waals surface area contributed by atoms with Crippen LogP contribution in [0.3, 0.4) is 0 Å². The van der Waals surface area contributed by atoms with E-state index in [1.807, 2.05) is 0 Å². The highest BCUT2D eigenvalue weighted by atomic mass is 16.7. The van der Waals surface area contributed by atoms with Crippen molar-refractivity contribution in [3.63, 3.8) is 0 Å². The van der Waals surface area contributed by atoms with E-state index in [1.165, 1.54) is 12.1 Å². The van der Waals surface area contributed by atoms with Crippen molar-refractivity contribution < 1.29 is 19.5 Å². The number of hydrogen-bond acceptors (Lipinski definition) is 5. The van der Waals surface area contributed by atoms with Crippen molar-refractivity contribution in [3.8, 4) is 5.75 Å². The molecule has 6 heteroatoms. The van der Waals surface area contributed by atoms with Gasteiger partial charge in [0, 0.05) is 12.7 Å². The summed E-state index contributed by atoms with van der Waals surface area (Å²) in [5.41, 5.74) is 0.342. The Kier molecular flexibility index (Phi) is 4.11. The lowest BCUT2D eigenvalue weighted by atomic mass is 10.2. The highest BCUT2D eigenvalue weighted by molar-refractivity contribution is 5.47. The molecule has 0 aliphatic carbocycles. The zero-order chi connectivity index (χ0) is 13.0. The average Bonchev–Trinajstić information content (AvgIpc) is 2.38. The lowest BCUT2D eigenvalue weighted by Gasteiger charge is -2.22. The Balaban J connectivity index is 1.96. The lowest BCUT2D eigenvalue weighted by Crippen LogP contribution is -2.21. The Morgan fingerprint density at radius 1 is 1.50 bits per heavy atom. The lowest BCUT2D eigenvalue weighted by molar-refractivity contribution is -0.386. The molecule has 1 aliphatic rings. The minimum absolute atomic E-state index is 0.230. The molecule has 1 aromatic carbocycles. The Bertz CT molecular complexity index is 428. The predicted octanol–water partition coefficient (Wildman–Crippen LogP) is 2.34. The smallest absolute Gasteiger partial charge is 0.311 e. The van der Waals surface area contributed by atoms with E-state index in [0.29, 0.717) is 12.2 Å². The topological polar surface area (TPSA) is 81.8 Å². The van der Waals surface area contributed by atoms with Gasteiger partial charge in [0.05, 0.1) is 11.5 Å². The van der Waals surface area contributed by atoms with E-state index in [9.17, 15) is 15.2 Å². The number of nitro benzene ring substituents is 1. The van der Waals surface area contributed by atoms with Crippen LogP contribution in [0.15, 0.2) is 18.2 Å². The van der Waals surface area contributed by atoms with Crippen LogP contribution in [0.25, 0.3) is 0 Å². The van der Waals surface area contributed by atoms with Crippen molar-refractivity contribution in [2.75, 3.05) is 6.61 Å². The molecular formula is C12H15NO5. The Morgan fingerprint density at radius 3 is 3.00 bits per heavy atom. The zero-order valence-corrected chi connectivity index (χ0v) is 9.87. The molecule has 1 aromatic rings. The fraction of sp³-hybridized carbons (Fsp3) is 0.500. The van der Waals surface area contributed by atoms with Crippen molar-refractivity contribution in [2.45, 2.75) is 32.2 Å². The van der Waals surface area contributed by atoms with E-state index in [1.54, 1.807) is 6.07 Å². The molecule has 0 amide bonds. The van der Waals surface area contributed by atoms with Crippen molar-refractivity contribution in [1.82, 2.24) is 0 Å². The number of rotatable bonds is 4. The second-order valence-electron chi connectivity index (χ2n) is 4.19. The number of nitro groups is 1. The molecular weight excluding hydrogens is 238 g/mol. The number of aromatic hydroxyl groups is 1. The number of nitrogens with zero attached hydrogens (tertiary/aromatic N) is 1. The highest BCUT2D eigenvalue weighted by Crippen LogP contribution is 2.27. The van der Waals surface area contributed by atoms with Gasteiger partial charge in [-0.15, -0.1) is 0 Å². The van der Waals surface area contributed by atoms with Gasteiger partial charge in [-0.25, -0.2) is 0 Å².